The third-order valence-electron chi connectivity index (χ3n) is 3.03. The van der Waals surface area contributed by atoms with Gasteiger partial charge in [0.15, 0.2) is 0 Å². The van der Waals surface area contributed by atoms with E-state index in [1.807, 2.05) is 10.4 Å². The third kappa shape index (κ3) is 1.68. The van der Waals surface area contributed by atoms with Gasteiger partial charge in [0.1, 0.15) is 0 Å². The van der Waals surface area contributed by atoms with Crippen molar-refractivity contribution in [1.82, 2.24) is 0 Å². The van der Waals surface area contributed by atoms with Gasteiger partial charge in [0, 0.05) is 0 Å². The van der Waals surface area contributed by atoms with Gasteiger partial charge in [-0.1, -0.05) is 0 Å². The summed E-state index contributed by atoms with van der Waals surface area (Å²) in [6.45, 7) is 8.31. The van der Waals surface area contributed by atoms with E-state index in [-0.39, 0.29) is 18.3 Å². The Balaban J connectivity index is 2.14. The summed E-state index contributed by atoms with van der Waals surface area (Å²) in [6.07, 6.45) is 1.91. The van der Waals surface area contributed by atoms with Crippen LogP contribution in [0.15, 0.2) is 14.7 Å². The molecule has 0 amide bonds. The fraction of sp³-hybridized carbons (Fsp3) is 0.667. The second-order valence-electron chi connectivity index (χ2n) is 4.60. The van der Waals surface area contributed by atoms with Crippen LogP contribution in [0.2, 0.25) is 0 Å². The maximum absolute atomic E-state index is 5.92. The molecular weight excluding hydrogens is 284 g/mol. The zero-order valence-corrected chi connectivity index (χ0v) is 11.8. The Morgan fingerprint density at radius 3 is 2.21 bits per heavy atom. The Hall–Kier alpha value is 0.194. The molecule has 0 aliphatic carbocycles. The van der Waals surface area contributed by atoms with E-state index in [0.29, 0.717) is 0 Å². The zero-order chi connectivity index (χ0) is 10.4. The Morgan fingerprint density at radius 1 is 1.21 bits per heavy atom. The summed E-state index contributed by atoms with van der Waals surface area (Å²) in [6, 6.07) is 0. The molecule has 3 nitrogen and oxygen atoms in total. The van der Waals surface area contributed by atoms with Gasteiger partial charge in [0.2, 0.25) is 0 Å². The summed E-state index contributed by atoms with van der Waals surface area (Å²) in [7, 11) is -0.144. The van der Waals surface area contributed by atoms with Gasteiger partial charge in [-0.15, -0.1) is 0 Å². The maximum atomic E-state index is 5.92. The molecule has 1 fully saturated rings. The summed E-state index contributed by atoms with van der Waals surface area (Å²) >= 11 is -0.618. The van der Waals surface area contributed by atoms with Crippen molar-refractivity contribution in [3.05, 3.63) is 9.69 Å². The monoisotopic (exact) mass is 299 g/mol. The molecule has 0 atom stereocenters. The van der Waals surface area contributed by atoms with Gasteiger partial charge >= 0.3 is 95.4 Å². The van der Waals surface area contributed by atoms with Crippen molar-refractivity contribution in [2.75, 3.05) is 0 Å². The third-order valence-corrected chi connectivity index (χ3v) is 5.81. The molecule has 74 valence electrons. The van der Waals surface area contributed by atoms with Crippen molar-refractivity contribution in [3.63, 3.8) is 0 Å². The molecule has 2 aliphatic rings. The van der Waals surface area contributed by atoms with Gasteiger partial charge in [-0.3, -0.25) is 0 Å². The number of hydrogen-bond donors (Lipinski definition) is 0. The molecule has 0 aromatic carbocycles. The average molecular weight is 298 g/mol. The van der Waals surface area contributed by atoms with Crippen molar-refractivity contribution < 1.29 is 9.31 Å². The normalized spacial score (nSPS) is 28.3. The van der Waals surface area contributed by atoms with Gasteiger partial charge in [0.05, 0.1) is 0 Å². The number of hydrogen-bond acceptors (Lipinski definition) is 3. The first-order chi connectivity index (χ1) is 6.42. The van der Waals surface area contributed by atoms with Crippen molar-refractivity contribution in [1.29, 1.82) is 0 Å². The molecule has 0 bridgehead atoms. The van der Waals surface area contributed by atoms with Crippen molar-refractivity contribution >= 4 is 32.5 Å². The first-order valence-electron chi connectivity index (χ1n) is 4.76. The molecule has 14 heavy (non-hydrogen) atoms. The van der Waals surface area contributed by atoms with Crippen LogP contribution >= 0.6 is 0 Å². The van der Waals surface area contributed by atoms with Crippen LogP contribution in [0.25, 0.3) is 0 Å². The van der Waals surface area contributed by atoms with Crippen LogP contribution in [0.4, 0.5) is 0 Å². The van der Waals surface area contributed by atoms with E-state index < -0.39 is 21.1 Å². The molecule has 2 rings (SSSR count). The molecule has 0 unspecified atom stereocenters. The quantitative estimate of drug-likeness (QED) is 0.681. The minimum absolute atomic E-state index is 0.144. The van der Waals surface area contributed by atoms with Gasteiger partial charge in [-0.25, -0.2) is 0 Å². The summed E-state index contributed by atoms with van der Waals surface area (Å²) in [5, 5.41) is 0. The first-order valence-corrected chi connectivity index (χ1v) is 7.84. The van der Waals surface area contributed by atoms with Crippen molar-refractivity contribution in [3.8, 4) is 0 Å². The predicted octanol–water partition coefficient (Wildman–Crippen LogP) is 1.21. The van der Waals surface area contributed by atoms with E-state index in [0.717, 1.165) is 0 Å². The fourth-order valence-electron chi connectivity index (χ4n) is 1.37. The second kappa shape index (κ2) is 3.35. The van der Waals surface area contributed by atoms with Gasteiger partial charge < -0.3 is 0 Å². The van der Waals surface area contributed by atoms with E-state index in [9.17, 15) is 0 Å². The van der Waals surface area contributed by atoms with Crippen molar-refractivity contribution in [2.24, 2.45) is 4.99 Å². The molecule has 2 aliphatic heterocycles. The van der Waals surface area contributed by atoms with E-state index >= 15 is 0 Å². The predicted molar refractivity (Wildman–Crippen MR) is 58.4 cm³/mol. The van der Waals surface area contributed by atoms with Crippen LogP contribution in [-0.2, 0) is 9.31 Å². The minimum atomic E-state index is -0.618. The number of rotatable bonds is 1. The van der Waals surface area contributed by atoms with Crippen LogP contribution in [0.3, 0.4) is 0 Å². The second-order valence-corrected chi connectivity index (χ2v) is 7.80. The molecule has 0 N–H and O–H groups in total. The Kier molecular flexibility index (Phi) is 2.56. The molecule has 0 aromatic heterocycles. The molecule has 5 heteroatoms. The fourth-order valence-corrected chi connectivity index (χ4v) is 3.37. The van der Waals surface area contributed by atoms with Crippen LogP contribution in [0.5, 0.6) is 0 Å². The number of nitrogens with zero attached hydrogens (tertiary/aromatic N) is 1. The zero-order valence-electron chi connectivity index (χ0n) is 9.00. The van der Waals surface area contributed by atoms with Gasteiger partial charge in [-0.2, -0.15) is 0 Å². The molecule has 2 radical (unpaired) electrons. The molecule has 0 aromatic rings. The molecular formula is C9H14BNO2Sn. The van der Waals surface area contributed by atoms with Crippen molar-refractivity contribution in [2.45, 2.75) is 38.9 Å². The SMILES string of the molecule is CC1(C)OB([C]2=CN=[CH][Sn]2)OC1(C)C. The van der Waals surface area contributed by atoms with E-state index in [2.05, 4.69) is 32.7 Å². The van der Waals surface area contributed by atoms with E-state index in [1.54, 1.807) is 0 Å². The summed E-state index contributed by atoms with van der Waals surface area (Å²) in [5.41, 5.74) is -0.443. The Bertz CT molecular complexity index is 296. The standard InChI is InChI=1S/C9H14BNO2.Sn/c1-8(2)9(3,4)13-10(12-8)6-7-11-5;/h5,7H,1-4H3;. The molecule has 1 saturated heterocycles. The Morgan fingerprint density at radius 2 is 1.79 bits per heavy atom. The van der Waals surface area contributed by atoms with Crippen LogP contribution in [-0.4, -0.2) is 43.7 Å². The topological polar surface area (TPSA) is 30.8 Å². The average Bonchev–Trinajstić information content (AvgIpc) is 2.58. The number of aliphatic imine (C=N–C) groups is 1. The molecule has 2 heterocycles. The van der Waals surface area contributed by atoms with Crippen LogP contribution < -0.4 is 0 Å². The molecule has 0 spiro atoms. The van der Waals surface area contributed by atoms with E-state index in [1.165, 1.54) is 3.49 Å². The summed E-state index contributed by atoms with van der Waals surface area (Å²) in [4.78, 5) is 4.13. The van der Waals surface area contributed by atoms with Crippen LogP contribution in [0.1, 0.15) is 27.7 Å². The van der Waals surface area contributed by atoms with Crippen LogP contribution in [0, 0.1) is 0 Å². The first kappa shape index (κ1) is 10.7. The Labute approximate surface area is 95.3 Å². The van der Waals surface area contributed by atoms with E-state index in [4.69, 9.17) is 9.31 Å². The van der Waals surface area contributed by atoms with Gasteiger partial charge in [0.25, 0.3) is 0 Å². The summed E-state index contributed by atoms with van der Waals surface area (Å²) < 4.78 is 15.2. The van der Waals surface area contributed by atoms with Gasteiger partial charge in [-0.05, 0) is 0 Å². The molecule has 0 saturated carbocycles. The summed E-state index contributed by atoms with van der Waals surface area (Å²) in [5.74, 6) is 0.